The highest BCUT2D eigenvalue weighted by Crippen LogP contribution is 2.21. The third-order valence-electron chi connectivity index (χ3n) is 3.90. The summed E-state index contributed by atoms with van der Waals surface area (Å²) in [6.45, 7) is 4.02. The van der Waals surface area contributed by atoms with Crippen LogP contribution < -0.4 is 10.1 Å². The van der Waals surface area contributed by atoms with Crippen molar-refractivity contribution in [3.63, 3.8) is 0 Å². The van der Waals surface area contributed by atoms with Crippen LogP contribution in [0.4, 0.5) is 4.39 Å². The molecule has 6 heteroatoms. The summed E-state index contributed by atoms with van der Waals surface area (Å²) in [5.41, 5.74) is 1.19. The number of aromatic nitrogens is 1. The van der Waals surface area contributed by atoms with Crippen LogP contribution >= 0.6 is 12.4 Å². The SMILES string of the molecule is Cl.Fc1ccccc1OCCN1CCNCC1c1cccnc1. The molecule has 23 heavy (non-hydrogen) atoms. The molecule has 3 rings (SSSR count). The molecule has 1 fully saturated rings. The lowest BCUT2D eigenvalue weighted by Crippen LogP contribution is -2.47. The Balaban J connectivity index is 0.00000192. The summed E-state index contributed by atoms with van der Waals surface area (Å²) < 4.78 is 19.1. The summed E-state index contributed by atoms with van der Waals surface area (Å²) in [5.74, 6) is 0.00202. The quantitative estimate of drug-likeness (QED) is 0.910. The summed E-state index contributed by atoms with van der Waals surface area (Å²) in [4.78, 5) is 6.55. The Morgan fingerprint density at radius 2 is 2.13 bits per heavy atom. The monoisotopic (exact) mass is 337 g/mol. The third-order valence-corrected chi connectivity index (χ3v) is 3.90. The van der Waals surface area contributed by atoms with Crippen LogP contribution in [0, 0.1) is 5.82 Å². The third kappa shape index (κ3) is 4.64. The minimum atomic E-state index is -0.313. The maximum Gasteiger partial charge on any atom is 0.165 e. The number of halogens is 2. The van der Waals surface area contributed by atoms with Crippen molar-refractivity contribution in [2.45, 2.75) is 6.04 Å². The second-order valence-electron chi connectivity index (χ2n) is 5.32. The predicted octanol–water partition coefficient (Wildman–Crippen LogP) is 2.67. The number of hydrogen-bond donors (Lipinski definition) is 1. The fourth-order valence-corrected chi connectivity index (χ4v) is 2.75. The van der Waals surface area contributed by atoms with Gasteiger partial charge in [-0.1, -0.05) is 18.2 Å². The molecule has 124 valence electrons. The van der Waals surface area contributed by atoms with Gasteiger partial charge in [0, 0.05) is 44.6 Å². The first-order chi connectivity index (χ1) is 10.8. The predicted molar refractivity (Wildman–Crippen MR) is 90.6 cm³/mol. The number of piperazine rings is 1. The van der Waals surface area contributed by atoms with Gasteiger partial charge in [-0.15, -0.1) is 12.4 Å². The normalized spacial score (nSPS) is 18.2. The number of nitrogens with one attached hydrogen (secondary N) is 1. The number of ether oxygens (including phenoxy) is 1. The van der Waals surface area contributed by atoms with E-state index in [4.69, 9.17) is 4.74 Å². The van der Waals surface area contributed by atoms with E-state index < -0.39 is 0 Å². The van der Waals surface area contributed by atoms with Crippen LogP contribution in [0.25, 0.3) is 0 Å². The highest BCUT2D eigenvalue weighted by atomic mass is 35.5. The smallest absolute Gasteiger partial charge is 0.165 e. The molecule has 2 heterocycles. The van der Waals surface area contributed by atoms with Gasteiger partial charge in [0.25, 0.3) is 0 Å². The average molecular weight is 338 g/mol. The Labute approximate surface area is 142 Å². The number of para-hydroxylation sites is 1. The van der Waals surface area contributed by atoms with Gasteiger partial charge in [-0.25, -0.2) is 4.39 Å². The van der Waals surface area contributed by atoms with Gasteiger partial charge in [-0.3, -0.25) is 9.88 Å². The molecular formula is C17H21ClFN3O. The molecule has 0 aliphatic carbocycles. The molecule has 1 N–H and O–H groups in total. The Morgan fingerprint density at radius 3 is 2.91 bits per heavy atom. The lowest BCUT2D eigenvalue weighted by atomic mass is 10.1. The maximum absolute atomic E-state index is 13.5. The minimum absolute atomic E-state index is 0. The zero-order valence-corrected chi connectivity index (χ0v) is 13.6. The van der Waals surface area contributed by atoms with Crippen LogP contribution in [0.3, 0.4) is 0 Å². The first-order valence-corrected chi connectivity index (χ1v) is 7.56. The fourth-order valence-electron chi connectivity index (χ4n) is 2.75. The minimum Gasteiger partial charge on any atom is -0.489 e. The van der Waals surface area contributed by atoms with E-state index in [1.54, 1.807) is 24.4 Å². The van der Waals surface area contributed by atoms with E-state index in [-0.39, 0.29) is 24.3 Å². The van der Waals surface area contributed by atoms with E-state index in [9.17, 15) is 4.39 Å². The largest absolute Gasteiger partial charge is 0.489 e. The van der Waals surface area contributed by atoms with Crippen molar-refractivity contribution in [1.29, 1.82) is 0 Å². The lowest BCUT2D eigenvalue weighted by Gasteiger charge is -2.36. The van der Waals surface area contributed by atoms with E-state index in [0.717, 1.165) is 26.2 Å². The molecule has 1 aromatic carbocycles. The van der Waals surface area contributed by atoms with Crippen LogP contribution in [0.2, 0.25) is 0 Å². The van der Waals surface area contributed by atoms with Gasteiger partial charge >= 0.3 is 0 Å². The molecular weight excluding hydrogens is 317 g/mol. The number of rotatable bonds is 5. The standard InChI is InChI=1S/C17H20FN3O.ClH/c18-15-5-1-2-6-17(15)22-11-10-21-9-8-20-13-16(21)14-4-3-7-19-12-14;/h1-7,12,16,20H,8-11,13H2;1H. The first-order valence-electron chi connectivity index (χ1n) is 7.56. The second-order valence-corrected chi connectivity index (χ2v) is 5.32. The van der Waals surface area contributed by atoms with Gasteiger partial charge in [0.1, 0.15) is 6.61 Å². The van der Waals surface area contributed by atoms with Gasteiger partial charge in [0.2, 0.25) is 0 Å². The van der Waals surface area contributed by atoms with E-state index in [1.165, 1.54) is 11.6 Å². The topological polar surface area (TPSA) is 37.4 Å². The lowest BCUT2D eigenvalue weighted by molar-refractivity contribution is 0.132. The van der Waals surface area contributed by atoms with Crippen molar-refractivity contribution >= 4 is 12.4 Å². The number of benzene rings is 1. The highest BCUT2D eigenvalue weighted by Gasteiger charge is 2.23. The molecule has 0 radical (unpaired) electrons. The van der Waals surface area contributed by atoms with Gasteiger partial charge in [-0.05, 0) is 23.8 Å². The molecule has 4 nitrogen and oxygen atoms in total. The summed E-state index contributed by atoms with van der Waals surface area (Å²) in [7, 11) is 0. The van der Waals surface area contributed by atoms with Crippen molar-refractivity contribution < 1.29 is 9.13 Å². The van der Waals surface area contributed by atoms with Crippen molar-refractivity contribution in [2.75, 3.05) is 32.8 Å². The molecule has 0 saturated carbocycles. The van der Waals surface area contributed by atoms with Crippen LogP contribution in [0.5, 0.6) is 5.75 Å². The molecule has 0 amide bonds. The summed E-state index contributed by atoms with van der Waals surface area (Å²) in [5, 5.41) is 3.41. The first kappa shape index (κ1) is 17.7. The molecule has 1 saturated heterocycles. The van der Waals surface area contributed by atoms with Crippen molar-refractivity contribution in [2.24, 2.45) is 0 Å². The van der Waals surface area contributed by atoms with Gasteiger partial charge < -0.3 is 10.1 Å². The summed E-state index contributed by atoms with van der Waals surface area (Å²) in [6, 6.07) is 10.8. The average Bonchev–Trinajstić information content (AvgIpc) is 2.58. The highest BCUT2D eigenvalue weighted by molar-refractivity contribution is 5.85. The molecule has 2 aromatic rings. The summed E-state index contributed by atoms with van der Waals surface area (Å²) in [6.07, 6.45) is 3.69. The molecule has 1 unspecified atom stereocenters. The van der Waals surface area contributed by atoms with Gasteiger partial charge in [0.15, 0.2) is 11.6 Å². The van der Waals surface area contributed by atoms with E-state index in [2.05, 4.69) is 21.3 Å². The fraction of sp³-hybridized carbons (Fsp3) is 0.353. The van der Waals surface area contributed by atoms with Gasteiger partial charge in [-0.2, -0.15) is 0 Å². The van der Waals surface area contributed by atoms with Gasteiger partial charge in [0.05, 0.1) is 0 Å². The molecule has 0 spiro atoms. The van der Waals surface area contributed by atoms with Crippen molar-refractivity contribution in [3.05, 3.63) is 60.2 Å². The Bertz CT molecular complexity index is 599. The second kappa shape index (κ2) is 8.82. The Hall–Kier alpha value is -1.69. The van der Waals surface area contributed by atoms with Crippen LogP contribution in [-0.2, 0) is 0 Å². The van der Waals surface area contributed by atoms with Crippen molar-refractivity contribution in [3.8, 4) is 5.75 Å². The molecule has 0 bridgehead atoms. The van der Waals surface area contributed by atoms with Crippen LogP contribution in [0.15, 0.2) is 48.8 Å². The molecule has 1 atom stereocenters. The van der Waals surface area contributed by atoms with E-state index in [1.807, 2.05) is 12.3 Å². The molecule has 1 aromatic heterocycles. The zero-order valence-electron chi connectivity index (χ0n) is 12.8. The maximum atomic E-state index is 13.5. The summed E-state index contributed by atoms with van der Waals surface area (Å²) >= 11 is 0. The Kier molecular flexibility index (Phi) is 6.77. The number of hydrogen-bond acceptors (Lipinski definition) is 4. The zero-order chi connectivity index (χ0) is 15.2. The van der Waals surface area contributed by atoms with E-state index >= 15 is 0 Å². The molecule has 1 aliphatic rings. The van der Waals surface area contributed by atoms with E-state index in [0.29, 0.717) is 12.4 Å². The number of pyridine rings is 1. The van der Waals surface area contributed by atoms with Crippen molar-refractivity contribution in [1.82, 2.24) is 15.2 Å². The number of nitrogens with zero attached hydrogens (tertiary/aromatic N) is 2. The van der Waals surface area contributed by atoms with Crippen LogP contribution in [0.1, 0.15) is 11.6 Å². The molecule has 1 aliphatic heterocycles. The Morgan fingerprint density at radius 1 is 1.26 bits per heavy atom. The van der Waals surface area contributed by atoms with Crippen LogP contribution in [-0.4, -0.2) is 42.7 Å².